The topological polar surface area (TPSA) is 57.8 Å². The van der Waals surface area contributed by atoms with Gasteiger partial charge in [0.15, 0.2) is 0 Å². The third-order valence-corrected chi connectivity index (χ3v) is 2.59. The first-order chi connectivity index (χ1) is 6.25. The van der Waals surface area contributed by atoms with Crippen molar-refractivity contribution in [2.45, 2.75) is 0 Å². The lowest BCUT2D eigenvalue weighted by Crippen LogP contribution is -2.17. The smallest absolute Gasteiger partial charge is 0.263 e. The Morgan fingerprint density at radius 2 is 2.46 bits per heavy atom. The molecule has 0 atom stereocenters. The van der Waals surface area contributed by atoms with E-state index in [-0.39, 0.29) is 5.91 Å². The Balaban J connectivity index is 2.27. The predicted octanol–water partition coefficient (Wildman–Crippen LogP) is 0.898. The third-order valence-electron chi connectivity index (χ3n) is 1.43. The number of carbonyl (C=O) groups excluding carboxylic acids is 1. The Labute approximate surface area is 83.8 Å². The maximum atomic E-state index is 11.2. The zero-order valence-electron chi connectivity index (χ0n) is 6.40. The maximum absolute atomic E-state index is 11.2. The Bertz CT molecular complexity index is 382. The number of carbonyl (C=O) groups is 1. The van der Waals surface area contributed by atoms with Crippen molar-refractivity contribution in [2.24, 2.45) is 0 Å². The molecule has 13 heavy (non-hydrogen) atoms. The lowest BCUT2D eigenvalue weighted by atomic mass is 10.4. The first kappa shape index (κ1) is 8.46. The minimum absolute atomic E-state index is 0.161. The van der Waals surface area contributed by atoms with Crippen LogP contribution in [0.25, 0.3) is 6.08 Å². The molecule has 4 nitrogen and oxygen atoms in total. The van der Waals surface area contributed by atoms with E-state index >= 15 is 0 Å². The number of imidazole rings is 1. The van der Waals surface area contributed by atoms with Gasteiger partial charge >= 0.3 is 0 Å². The molecule has 1 aliphatic rings. The molecule has 66 valence electrons. The van der Waals surface area contributed by atoms with Gasteiger partial charge in [0.2, 0.25) is 0 Å². The van der Waals surface area contributed by atoms with Crippen molar-refractivity contribution in [3.63, 3.8) is 0 Å². The van der Waals surface area contributed by atoms with E-state index < -0.39 is 0 Å². The second-order valence-electron chi connectivity index (χ2n) is 2.33. The van der Waals surface area contributed by atoms with Crippen LogP contribution < -0.4 is 5.32 Å². The lowest BCUT2D eigenvalue weighted by molar-refractivity contribution is -0.115. The first-order valence-corrected chi connectivity index (χ1v) is 4.72. The molecule has 1 fully saturated rings. The van der Waals surface area contributed by atoms with E-state index in [1.807, 2.05) is 0 Å². The van der Waals surface area contributed by atoms with E-state index in [4.69, 9.17) is 12.2 Å². The highest BCUT2D eigenvalue weighted by Crippen LogP contribution is 2.24. The number of aromatic amines is 1. The van der Waals surface area contributed by atoms with Gasteiger partial charge in [-0.2, -0.15) is 0 Å². The number of thioether (sulfide) groups is 1. The van der Waals surface area contributed by atoms with Crippen molar-refractivity contribution in [3.05, 3.63) is 23.1 Å². The van der Waals surface area contributed by atoms with Crippen molar-refractivity contribution in [2.75, 3.05) is 0 Å². The molecule has 6 heteroatoms. The van der Waals surface area contributed by atoms with Gasteiger partial charge in [-0.15, -0.1) is 0 Å². The summed E-state index contributed by atoms with van der Waals surface area (Å²) in [6.07, 6.45) is 4.99. The Morgan fingerprint density at radius 1 is 1.62 bits per heavy atom. The lowest BCUT2D eigenvalue weighted by Gasteiger charge is -1.87. The summed E-state index contributed by atoms with van der Waals surface area (Å²) < 4.78 is 0.489. The van der Waals surface area contributed by atoms with Crippen LogP contribution in [0.5, 0.6) is 0 Å². The number of amides is 1. The average molecular weight is 211 g/mol. The Kier molecular flexibility index (Phi) is 2.15. The van der Waals surface area contributed by atoms with Crippen LogP contribution in [-0.2, 0) is 4.79 Å². The molecule has 0 aromatic carbocycles. The third kappa shape index (κ3) is 1.78. The highest BCUT2D eigenvalue weighted by atomic mass is 32.2. The zero-order valence-corrected chi connectivity index (χ0v) is 8.04. The molecular formula is C7H5N3OS2. The van der Waals surface area contributed by atoms with Crippen molar-refractivity contribution < 1.29 is 4.79 Å². The highest BCUT2D eigenvalue weighted by molar-refractivity contribution is 8.26. The second kappa shape index (κ2) is 3.31. The number of thiocarbonyl (C=S) groups is 1. The summed E-state index contributed by atoms with van der Waals surface area (Å²) in [5, 5.41) is 2.52. The number of H-pyrrole nitrogens is 1. The molecule has 1 aromatic heterocycles. The van der Waals surface area contributed by atoms with Crippen LogP contribution in [0.15, 0.2) is 17.3 Å². The SMILES string of the molecule is O=C1NC(=S)SC1=Cc1ncc[nH]1. The standard InChI is InChI=1S/C7H5N3OS2/c11-6-4(13-7(12)10-6)3-5-8-1-2-9-5/h1-3H,(H,8,9)(H,10,11,12). The molecule has 2 N–H and O–H groups in total. The minimum atomic E-state index is -0.161. The van der Waals surface area contributed by atoms with Gasteiger partial charge in [0, 0.05) is 18.5 Å². The van der Waals surface area contributed by atoms with Crippen molar-refractivity contribution in [1.29, 1.82) is 0 Å². The van der Waals surface area contributed by atoms with Crippen molar-refractivity contribution in [1.82, 2.24) is 15.3 Å². The summed E-state index contributed by atoms with van der Waals surface area (Å²) >= 11 is 6.07. The molecule has 0 radical (unpaired) electrons. The Morgan fingerprint density at radius 3 is 3.00 bits per heavy atom. The van der Waals surface area contributed by atoms with Crippen molar-refractivity contribution >= 4 is 40.3 Å². The summed E-state index contributed by atoms with van der Waals surface area (Å²) in [4.78, 5) is 18.6. The molecule has 1 amide bonds. The van der Waals surface area contributed by atoms with Gasteiger partial charge in [0.05, 0.1) is 4.91 Å². The van der Waals surface area contributed by atoms with Crippen molar-refractivity contribution in [3.8, 4) is 0 Å². The normalized spacial score (nSPS) is 19.5. The summed E-state index contributed by atoms with van der Waals surface area (Å²) in [5.41, 5.74) is 0. The Hall–Kier alpha value is -1.14. The van der Waals surface area contributed by atoms with Crippen LogP contribution in [0.1, 0.15) is 5.82 Å². The maximum Gasteiger partial charge on any atom is 0.263 e. The number of nitrogens with zero attached hydrogens (tertiary/aromatic N) is 1. The van der Waals surface area contributed by atoms with Gasteiger partial charge in [-0.3, -0.25) is 4.79 Å². The molecule has 0 saturated carbocycles. The number of nitrogens with one attached hydrogen (secondary N) is 2. The van der Waals surface area contributed by atoms with Crippen LogP contribution in [0, 0.1) is 0 Å². The molecule has 2 heterocycles. The monoisotopic (exact) mass is 211 g/mol. The summed E-state index contributed by atoms with van der Waals surface area (Å²) in [5.74, 6) is 0.494. The fourth-order valence-electron chi connectivity index (χ4n) is 0.902. The largest absolute Gasteiger partial charge is 0.345 e. The van der Waals surface area contributed by atoms with Gasteiger partial charge in [0.25, 0.3) is 5.91 Å². The number of hydrogen-bond acceptors (Lipinski definition) is 4. The second-order valence-corrected chi connectivity index (χ2v) is 4.05. The molecule has 2 rings (SSSR count). The van der Waals surface area contributed by atoms with Crippen LogP contribution in [-0.4, -0.2) is 20.2 Å². The summed E-state index contributed by atoms with van der Waals surface area (Å²) in [6, 6.07) is 0. The number of rotatable bonds is 1. The summed E-state index contributed by atoms with van der Waals surface area (Å²) in [7, 11) is 0. The van der Waals surface area contributed by atoms with E-state index in [2.05, 4.69) is 15.3 Å². The summed E-state index contributed by atoms with van der Waals surface area (Å²) in [6.45, 7) is 0. The van der Waals surface area contributed by atoms with Crippen LogP contribution in [0.3, 0.4) is 0 Å². The zero-order chi connectivity index (χ0) is 9.26. The number of hydrogen-bond donors (Lipinski definition) is 2. The molecule has 1 saturated heterocycles. The minimum Gasteiger partial charge on any atom is -0.345 e. The van der Waals surface area contributed by atoms with E-state index in [9.17, 15) is 4.79 Å². The molecule has 0 aliphatic carbocycles. The van der Waals surface area contributed by atoms with Crippen LogP contribution in [0.4, 0.5) is 0 Å². The van der Waals surface area contributed by atoms with E-state index in [0.29, 0.717) is 15.1 Å². The molecule has 0 unspecified atom stereocenters. The van der Waals surface area contributed by atoms with E-state index in [0.717, 1.165) is 0 Å². The molecule has 1 aromatic rings. The van der Waals surface area contributed by atoms with Gasteiger partial charge in [-0.05, 0) is 0 Å². The molecular weight excluding hydrogens is 206 g/mol. The van der Waals surface area contributed by atoms with Gasteiger partial charge in [-0.1, -0.05) is 24.0 Å². The van der Waals surface area contributed by atoms with Gasteiger partial charge in [0.1, 0.15) is 10.1 Å². The van der Waals surface area contributed by atoms with E-state index in [1.54, 1.807) is 18.5 Å². The quantitative estimate of drug-likeness (QED) is 0.535. The molecule has 1 aliphatic heterocycles. The average Bonchev–Trinajstić information content (AvgIpc) is 2.63. The van der Waals surface area contributed by atoms with Gasteiger partial charge < -0.3 is 10.3 Å². The fourth-order valence-corrected chi connectivity index (χ4v) is 1.92. The number of aromatic nitrogens is 2. The molecule has 0 spiro atoms. The highest BCUT2D eigenvalue weighted by Gasteiger charge is 2.22. The van der Waals surface area contributed by atoms with Crippen LogP contribution >= 0.6 is 24.0 Å². The fraction of sp³-hybridized carbons (Fsp3) is 0. The van der Waals surface area contributed by atoms with E-state index in [1.165, 1.54) is 11.8 Å². The molecule has 0 bridgehead atoms. The first-order valence-electron chi connectivity index (χ1n) is 3.50. The van der Waals surface area contributed by atoms with Gasteiger partial charge in [-0.25, -0.2) is 4.98 Å². The van der Waals surface area contributed by atoms with Crippen LogP contribution in [0.2, 0.25) is 0 Å². The predicted molar refractivity (Wildman–Crippen MR) is 54.9 cm³/mol.